The third kappa shape index (κ3) is 3.41. The molecule has 1 nitrogen and oxygen atoms in total. The molecule has 0 amide bonds. The molecule has 0 aromatic carbocycles. The molecule has 0 bridgehead atoms. The molecule has 1 N–H and O–H groups in total. The van der Waals surface area contributed by atoms with Gasteiger partial charge in [0, 0.05) is 12.6 Å². The molecule has 1 aromatic heterocycles. The highest BCUT2D eigenvalue weighted by Crippen LogP contribution is 2.16. The topological polar surface area (TPSA) is 12.0 Å². The van der Waals surface area contributed by atoms with E-state index in [0.717, 1.165) is 6.54 Å². The van der Waals surface area contributed by atoms with Crippen LogP contribution in [0.1, 0.15) is 25.8 Å². The maximum atomic E-state index is 3.47. The van der Waals surface area contributed by atoms with Gasteiger partial charge in [-0.3, -0.25) is 0 Å². The van der Waals surface area contributed by atoms with Crippen LogP contribution in [0.4, 0.5) is 0 Å². The lowest BCUT2D eigenvalue weighted by molar-refractivity contribution is 0.535. The molecule has 3 heteroatoms. The van der Waals surface area contributed by atoms with Crippen LogP contribution in [0.5, 0.6) is 0 Å². The Bertz CT molecular complexity index is 234. The Hall–Kier alpha value is 0.390. The van der Waals surface area contributed by atoms with Crippen LogP contribution in [0.2, 0.25) is 0 Å². The van der Waals surface area contributed by atoms with Gasteiger partial charge in [0.15, 0.2) is 0 Å². The SMILES string of the molecule is CCC(C)NCc1csc(I)c1. The molecule has 0 aliphatic heterocycles. The minimum atomic E-state index is 0.627. The van der Waals surface area contributed by atoms with Gasteiger partial charge in [0.25, 0.3) is 0 Å². The zero-order chi connectivity index (χ0) is 8.97. The molecule has 0 fully saturated rings. The van der Waals surface area contributed by atoms with E-state index in [4.69, 9.17) is 0 Å². The molecular weight excluding hydrogens is 281 g/mol. The van der Waals surface area contributed by atoms with Crippen molar-refractivity contribution < 1.29 is 0 Å². The molecule has 1 heterocycles. The fourth-order valence-electron chi connectivity index (χ4n) is 0.875. The summed E-state index contributed by atoms with van der Waals surface area (Å²) in [6.45, 7) is 5.43. The summed E-state index contributed by atoms with van der Waals surface area (Å²) in [5.41, 5.74) is 1.41. The van der Waals surface area contributed by atoms with E-state index in [1.807, 2.05) is 11.3 Å². The van der Waals surface area contributed by atoms with E-state index >= 15 is 0 Å². The molecule has 0 aliphatic rings. The predicted molar refractivity (Wildman–Crippen MR) is 63.6 cm³/mol. The predicted octanol–water partition coefficient (Wildman–Crippen LogP) is 3.24. The summed E-state index contributed by atoms with van der Waals surface area (Å²) in [5.74, 6) is 0. The molecule has 1 rings (SSSR count). The maximum Gasteiger partial charge on any atom is 0.0656 e. The third-order valence-electron chi connectivity index (χ3n) is 1.89. The number of thiophene rings is 1. The highest BCUT2D eigenvalue weighted by Gasteiger charge is 1.99. The molecule has 0 aliphatic carbocycles. The summed E-state index contributed by atoms with van der Waals surface area (Å²) in [7, 11) is 0. The van der Waals surface area contributed by atoms with Gasteiger partial charge in [-0.15, -0.1) is 11.3 Å². The van der Waals surface area contributed by atoms with Gasteiger partial charge in [0.05, 0.1) is 2.88 Å². The Labute approximate surface area is 91.7 Å². The molecule has 0 saturated carbocycles. The van der Waals surface area contributed by atoms with E-state index < -0.39 is 0 Å². The van der Waals surface area contributed by atoms with Gasteiger partial charge >= 0.3 is 0 Å². The smallest absolute Gasteiger partial charge is 0.0656 e. The van der Waals surface area contributed by atoms with Gasteiger partial charge in [-0.2, -0.15) is 0 Å². The minimum absolute atomic E-state index is 0.627. The highest BCUT2D eigenvalue weighted by atomic mass is 127. The second kappa shape index (κ2) is 5.19. The van der Waals surface area contributed by atoms with E-state index in [-0.39, 0.29) is 0 Å². The summed E-state index contributed by atoms with van der Waals surface area (Å²) < 4.78 is 1.37. The van der Waals surface area contributed by atoms with Gasteiger partial charge in [-0.1, -0.05) is 6.92 Å². The first-order valence-corrected chi connectivity index (χ1v) is 6.14. The van der Waals surface area contributed by atoms with Crippen LogP contribution in [0.25, 0.3) is 0 Å². The van der Waals surface area contributed by atoms with Crippen molar-refractivity contribution in [2.45, 2.75) is 32.9 Å². The van der Waals surface area contributed by atoms with Crippen LogP contribution in [0.3, 0.4) is 0 Å². The molecule has 1 aromatic rings. The molecule has 1 unspecified atom stereocenters. The number of halogens is 1. The Morgan fingerprint density at radius 2 is 2.42 bits per heavy atom. The van der Waals surface area contributed by atoms with Crippen LogP contribution in [0.15, 0.2) is 11.4 Å². The summed E-state index contributed by atoms with van der Waals surface area (Å²) >= 11 is 4.17. The van der Waals surface area contributed by atoms with Crippen LogP contribution >= 0.6 is 33.9 Å². The van der Waals surface area contributed by atoms with Crippen molar-refractivity contribution in [3.8, 4) is 0 Å². The molecule has 0 spiro atoms. The zero-order valence-corrected chi connectivity index (χ0v) is 10.4. The maximum absolute atomic E-state index is 3.47. The van der Waals surface area contributed by atoms with E-state index in [1.165, 1.54) is 14.9 Å². The van der Waals surface area contributed by atoms with E-state index in [1.54, 1.807) is 0 Å². The van der Waals surface area contributed by atoms with E-state index in [0.29, 0.717) is 6.04 Å². The number of hydrogen-bond donors (Lipinski definition) is 1. The molecule has 1 atom stereocenters. The zero-order valence-electron chi connectivity index (χ0n) is 7.43. The van der Waals surface area contributed by atoms with Crippen molar-refractivity contribution in [2.75, 3.05) is 0 Å². The van der Waals surface area contributed by atoms with Crippen molar-refractivity contribution >= 4 is 33.9 Å². The van der Waals surface area contributed by atoms with E-state index in [9.17, 15) is 0 Å². The normalized spacial score (nSPS) is 13.2. The van der Waals surface area contributed by atoms with Crippen molar-refractivity contribution in [3.05, 3.63) is 19.9 Å². The molecule has 0 radical (unpaired) electrons. The molecule has 0 saturated heterocycles. The summed E-state index contributed by atoms with van der Waals surface area (Å²) in [6, 6.07) is 2.86. The lowest BCUT2D eigenvalue weighted by Gasteiger charge is -2.09. The Morgan fingerprint density at radius 1 is 1.67 bits per heavy atom. The first kappa shape index (κ1) is 10.5. The van der Waals surface area contributed by atoms with Crippen molar-refractivity contribution in [3.63, 3.8) is 0 Å². The largest absolute Gasteiger partial charge is 0.310 e. The first-order valence-electron chi connectivity index (χ1n) is 4.18. The minimum Gasteiger partial charge on any atom is -0.310 e. The van der Waals surface area contributed by atoms with Crippen LogP contribution in [0, 0.1) is 2.88 Å². The molecule has 68 valence electrons. The summed E-state index contributed by atoms with van der Waals surface area (Å²) in [5, 5.41) is 5.68. The van der Waals surface area contributed by atoms with Gasteiger partial charge in [-0.25, -0.2) is 0 Å². The van der Waals surface area contributed by atoms with Crippen LogP contribution in [-0.4, -0.2) is 6.04 Å². The summed E-state index contributed by atoms with van der Waals surface area (Å²) in [4.78, 5) is 0. The van der Waals surface area contributed by atoms with Gasteiger partial charge < -0.3 is 5.32 Å². The quantitative estimate of drug-likeness (QED) is 0.841. The number of nitrogens with one attached hydrogen (secondary N) is 1. The monoisotopic (exact) mass is 295 g/mol. The van der Waals surface area contributed by atoms with Gasteiger partial charge in [0.2, 0.25) is 0 Å². The standard InChI is InChI=1S/C9H14INS/c1-3-7(2)11-5-8-4-9(10)12-6-8/h4,6-7,11H,3,5H2,1-2H3. The van der Waals surface area contributed by atoms with Crippen LogP contribution in [-0.2, 0) is 6.54 Å². The number of rotatable bonds is 4. The third-order valence-corrected chi connectivity index (χ3v) is 3.73. The fraction of sp³-hybridized carbons (Fsp3) is 0.556. The van der Waals surface area contributed by atoms with Crippen molar-refractivity contribution in [1.29, 1.82) is 0 Å². The Morgan fingerprint density at radius 3 is 2.92 bits per heavy atom. The van der Waals surface area contributed by atoms with Gasteiger partial charge in [-0.05, 0) is 52.9 Å². The first-order chi connectivity index (χ1) is 5.72. The average molecular weight is 295 g/mol. The second-order valence-corrected chi connectivity index (χ2v) is 5.75. The fourth-order valence-corrected chi connectivity index (χ4v) is 2.29. The highest BCUT2D eigenvalue weighted by molar-refractivity contribution is 14.1. The second-order valence-electron chi connectivity index (χ2n) is 2.95. The van der Waals surface area contributed by atoms with Crippen molar-refractivity contribution in [1.82, 2.24) is 5.32 Å². The van der Waals surface area contributed by atoms with Crippen LogP contribution < -0.4 is 5.32 Å². The lowest BCUT2D eigenvalue weighted by atomic mass is 10.2. The average Bonchev–Trinajstić information content (AvgIpc) is 2.47. The molecular formula is C9H14INS. The number of hydrogen-bond acceptors (Lipinski definition) is 2. The Balaban J connectivity index is 2.33. The van der Waals surface area contributed by atoms with Gasteiger partial charge in [0.1, 0.15) is 0 Å². The molecule has 12 heavy (non-hydrogen) atoms. The Kier molecular flexibility index (Phi) is 4.53. The summed E-state index contributed by atoms with van der Waals surface area (Å²) in [6.07, 6.45) is 1.20. The van der Waals surface area contributed by atoms with E-state index in [2.05, 4.69) is 53.2 Å². The lowest BCUT2D eigenvalue weighted by Crippen LogP contribution is -2.24. The van der Waals surface area contributed by atoms with Crippen molar-refractivity contribution in [2.24, 2.45) is 0 Å².